The summed E-state index contributed by atoms with van der Waals surface area (Å²) in [7, 11) is 4.12. The first-order valence-corrected chi connectivity index (χ1v) is 9.89. The summed E-state index contributed by atoms with van der Waals surface area (Å²) in [4.78, 5) is 21.7. The second-order valence-electron chi connectivity index (χ2n) is 8.04. The number of carboxylic acids is 2. The van der Waals surface area contributed by atoms with E-state index in [4.69, 9.17) is 14.9 Å². The monoisotopic (exact) mass is 387 g/mol. The van der Waals surface area contributed by atoms with Gasteiger partial charge < -0.3 is 19.8 Å². The molecule has 2 N–H and O–H groups in total. The van der Waals surface area contributed by atoms with Gasteiger partial charge in [-0.05, 0) is 68.5 Å². The van der Waals surface area contributed by atoms with Crippen LogP contribution in [0.1, 0.15) is 43.2 Å². The number of likely N-dealkylation sites (N-methyl/N-ethyl adjacent to an activating group) is 1. The van der Waals surface area contributed by atoms with E-state index in [1.54, 1.807) is 18.2 Å². The van der Waals surface area contributed by atoms with Crippen LogP contribution < -0.4 is 4.74 Å². The zero-order valence-electron chi connectivity index (χ0n) is 16.6. The lowest BCUT2D eigenvalue weighted by molar-refractivity contribution is -0.134. The Hall–Kier alpha value is -2.34. The van der Waals surface area contributed by atoms with Crippen molar-refractivity contribution in [1.29, 1.82) is 0 Å². The molecule has 0 amide bonds. The lowest BCUT2D eigenvalue weighted by Crippen LogP contribution is -2.59. The predicted octanol–water partition coefficient (Wildman–Crippen LogP) is 3.10. The number of likely N-dealkylation sites (tertiary alicyclic amines) is 1. The van der Waals surface area contributed by atoms with Crippen molar-refractivity contribution in [2.75, 3.05) is 20.7 Å². The number of ether oxygens (including phenoxy) is 1. The van der Waals surface area contributed by atoms with Gasteiger partial charge in [-0.25, -0.2) is 9.59 Å². The number of carboxylic acid groups (broad SMARTS) is 2. The molecule has 0 aromatic heterocycles. The van der Waals surface area contributed by atoms with Crippen LogP contribution in [0.15, 0.2) is 30.4 Å². The minimum Gasteiger partial charge on any atom is -0.497 e. The predicted molar refractivity (Wildman–Crippen MR) is 106 cm³/mol. The minimum absolute atomic E-state index is 0.456. The number of rotatable bonds is 3. The number of nitrogens with zero attached hydrogens (tertiary/aromatic N) is 1. The van der Waals surface area contributed by atoms with Crippen molar-refractivity contribution in [1.82, 2.24) is 4.90 Å². The molecule has 0 unspecified atom stereocenters. The van der Waals surface area contributed by atoms with E-state index in [1.807, 2.05) is 0 Å². The Morgan fingerprint density at radius 2 is 1.89 bits per heavy atom. The number of benzene rings is 1. The summed E-state index contributed by atoms with van der Waals surface area (Å²) in [5.41, 5.74) is 3.67. The summed E-state index contributed by atoms with van der Waals surface area (Å²) >= 11 is 0. The molecule has 1 heterocycles. The van der Waals surface area contributed by atoms with Crippen LogP contribution in [0.4, 0.5) is 0 Å². The number of hydrogen-bond donors (Lipinski definition) is 2. The highest BCUT2D eigenvalue weighted by Crippen LogP contribution is 2.55. The number of fused-ring (bicyclic) bond motifs is 1. The van der Waals surface area contributed by atoms with E-state index in [1.165, 1.54) is 45.1 Å². The van der Waals surface area contributed by atoms with Gasteiger partial charge in [0, 0.05) is 23.6 Å². The molecule has 0 radical (unpaired) electrons. The van der Waals surface area contributed by atoms with Crippen molar-refractivity contribution in [2.45, 2.75) is 50.0 Å². The van der Waals surface area contributed by atoms with Gasteiger partial charge in [-0.3, -0.25) is 0 Å². The molecule has 1 saturated carbocycles. The molecule has 4 rings (SSSR count). The Balaban J connectivity index is 0.000000242. The summed E-state index contributed by atoms with van der Waals surface area (Å²) in [6.07, 6.45) is 9.34. The van der Waals surface area contributed by atoms with Gasteiger partial charge in [-0.15, -0.1) is 0 Å². The van der Waals surface area contributed by atoms with Gasteiger partial charge in [0.15, 0.2) is 0 Å². The molecule has 6 nitrogen and oxygen atoms in total. The number of piperidine rings is 1. The number of aliphatic carboxylic acids is 2. The molecule has 1 saturated heterocycles. The fourth-order valence-electron chi connectivity index (χ4n) is 5.45. The maximum atomic E-state index is 9.55. The molecule has 1 aliphatic heterocycles. The third-order valence-corrected chi connectivity index (χ3v) is 6.69. The molecule has 0 spiro atoms. The summed E-state index contributed by atoms with van der Waals surface area (Å²) in [5, 5.41) is 15.6. The van der Waals surface area contributed by atoms with E-state index in [0.717, 1.165) is 17.7 Å². The van der Waals surface area contributed by atoms with Gasteiger partial charge in [0.1, 0.15) is 5.75 Å². The Bertz CT molecular complexity index is 758. The van der Waals surface area contributed by atoms with Crippen LogP contribution in [0, 0.1) is 5.92 Å². The lowest BCUT2D eigenvalue weighted by Gasteiger charge is -2.58. The van der Waals surface area contributed by atoms with Crippen LogP contribution >= 0.6 is 0 Å². The van der Waals surface area contributed by atoms with Crippen LogP contribution in [0.3, 0.4) is 0 Å². The van der Waals surface area contributed by atoms with Gasteiger partial charge in [0.2, 0.25) is 0 Å². The molecule has 2 aliphatic carbocycles. The topological polar surface area (TPSA) is 87.1 Å². The van der Waals surface area contributed by atoms with Crippen molar-refractivity contribution in [3.8, 4) is 5.75 Å². The molecule has 1 aromatic carbocycles. The molecule has 28 heavy (non-hydrogen) atoms. The number of carbonyl (C=O) groups is 2. The average Bonchev–Trinajstić information content (AvgIpc) is 2.69. The maximum absolute atomic E-state index is 9.55. The van der Waals surface area contributed by atoms with Crippen LogP contribution in [0.25, 0.3) is 0 Å². The summed E-state index contributed by atoms with van der Waals surface area (Å²) in [5.74, 6) is -0.603. The molecule has 3 aliphatic rings. The third kappa shape index (κ3) is 3.92. The highest BCUT2D eigenvalue weighted by molar-refractivity contribution is 5.89. The summed E-state index contributed by atoms with van der Waals surface area (Å²) in [6.45, 7) is 1.26. The minimum atomic E-state index is -1.26. The quantitative estimate of drug-likeness (QED) is 0.775. The zero-order chi connectivity index (χ0) is 20.3. The van der Waals surface area contributed by atoms with Gasteiger partial charge in [-0.2, -0.15) is 0 Å². The largest absolute Gasteiger partial charge is 0.497 e. The normalized spacial score (nSPS) is 28.5. The Kier molecular flexibility index (Phi) is 6.08. The molecular weight excluding hydrogens is 358 g/mol. The van der Waals surface area contributed by atoms with Crippen molar-refractivity contribution in [3.63, 3.8) is 0 Å². The van der Waals surface area contributed by atoms with E-state index in [-0.39, 0.29) is 0 Å². The molecule has 1 aromatic rings. The highest BCUT2D eigenvalue weighted by atomic mass is 16.5. The average molecular weight is 387 g/mol. The van der Waals surface area contributed by atoms with Crippen molar-refractivity contribution >= 4 is 11.9 Å². The number of hydrogen-bond acceptors (Lipinski definition) is 4. The van der Waals surface area contributed by atoms with E-state index >= 15 is 0 Å². The van der Waals surface area contributed by atoms with E-state index in [9.17, 15) is 9.59 Å². The van der Waals surface area contributed by atoms with Crippen molar-refractivity contribution < 1.29 is 24.5 Å². The molecular formula is C22H29NO5. The van der Waals surface area contributed by atoms with Gasteiger partial charge in [0.05, 0.1) is 7.11 Å². The fraction of sp³-hybridized carbons (Fsp3) is 0.545. The first kappa shape index (κ1) is 20.4. The van der Waals surface area contributed by atoms with Crippen LogP contribution in [-0.4, -0.2) is 53.8 Å². The Morgan fingerprint density at radius 3 is 2.54 bits per heavy atom. The molecule has 3 atom stereocenters. The van der Waals surface area contributed by atoms with Crippen LogP contribution in [0.5, 0.6) is 5.75 Å². The molecule has 152 valence electrons. The van der Waals surface area contributed by atoms with Crippen LogP contribution in [-0.2, 0) is 21.4 Å². The van der Waals surface area contributed by atoms with E-state index < -0.39 is 11.9 Å². The highest BCUT2D eigenvalue weighted by Gasteiger charge is 2.53. The lowest BCUT2D eigenvalue weighted by atomic mass is 9.52. The van der Waals surface area contributed by atoms with Crippen molar-refractivity contribution in [3.05, 3.63) is 41.5 Å². The molecule has 6 heteroatoms. The Morgan fingerprint density at radius 1 is 1.18 bits per heavy atom. The van der Waals surface area contributed by atoms with Gasteiger partial charge in [-0.1, -0.05) is 18.9 Å². The SMILES string of the molecule is COc1ccc2c(c1)[C@]13CCCC[C@@H]1[C@H](C2)N(C)CC3.O=C(O)/C=C/C(=O)O. The first-order chi connectivity index (χ1) is 13.4. The molecule has 2 bridgehead atoms. The third-order valence-electron chi connectivity index (χ3n) is 6.69. The van der Waals surface area contributed by atoms with Crippen LogP contribution in [0.2, 0.25) is 0 Å². The van der Waals surface area contributed by atoms with E-state index in [0.29, 0.717) is 17.6 Å². The van der Waals surface area contributed by atoms with Crippen molar-refractivity contribution in [2.24, 2.45) is 5.92 Å². The summed E-state index contributed by atoms with van der Waals surface area (Å²) < 4.78 is 5.51. The number of methoxy groups -OCH3 is 1. The molecule has 2 fully saturated rings. The zero-order valence-corrected chi connectivity index (χ0v) is 16.6. The Labute approximate surface area is 165 Å². The maximum Gasteiger partial charge on any atom is 0.328 e. The summed E-state index contributed by atoms with van der Waals surface area (Å²) in [6, 6.07) is 7.60. The van der Waals surface area contributed by atoms with E-state index in [2.05, 4.69) is 30.1 Å². The van der Waals surface area contributed by atoms with Gasteiger partial charge in [0.25, 0.3) is 0 Å². The second-order valence-corrected chi connectivity index (χ2v) is 8.04. The van der Waals surface area contributed by atoms with Gasteiger partial charge >= 0.3 is 11.9 Å². The fourth-order valence-corrected chi connectivity index (χ4v) is 5.45. The smallest absolute Gasteiger partial charge is 0.328 e. The second kappa shape index (κ2) is 8.35. The first-order valence-electron chi connectivity index (χ1n) is 9.89. The standard InChI is InChI=1S/C18H25NO.C4H4O4/c1-19-10-9-18-8-4-3-5-15(18)17(19)11-13-6-7-14(20-2)12-16(13)18;5-3(6)1-2-4(7)8/h6-7,12,15,17H,3-5,8-11H2,1-2H3;1-2H,(H,5,6)(H,7,8)/b;2-1+/t15-,17+,18+;/m1./s1.